The smallest absolute Gasteiger partial charge is 0.414 e. The van der Waals surface area contributed by atoms with Gasteiger partial charge in [-0.3, -0.25) is 9.69 Å². The zero-order chi connectivity index (χ0) is 16.7. The molecule has 1 aromatic heterocycles. The first-order valence-corrected chi connectivity index (χ1v) is 8.15. The normalized spacial score (nSPS) is 20.0. The third kappa shape index (κ3) is 2.35. The van der Waals surface area contributed by atoms with E-state index in [0.717, 1.165) is 17.9 Å². The summed E-state index contributed by atoms with van der Waals surface area (Å²) in [5, 5.41) is 0. The number of benzene rings is 1. The second kappa shape index (κ2) is 5.70. The lowest BCUT2D eigenvalue weighted by molar-refractivity contribution is 0.0644. The van der Waals surface area contributed by atoms with Crippen LogP contribution < -0.4 is 4.90 Å². The fourth-order valence-electron chi connectivity index (χ4n) is 3.43. The summed E-state index contributed by atoms with van der Waals surface area (Å²) >= 11 is 0. The first-order valence-electron chi connectivity index (χ1n) is 8.15. The van der Waals surface area contributed by atoms with Gasteiger partial charge in [-0.25, -0.2) is 4.79 Å². The van der Waals surface area contributed by atoms with Crippen LogP contribution in [-0.4, -0.2) is 41.2 Å². The predicted molar refractivity (Wildman–Crippen MR) is 89.0 cm³/mol. The van der Waals surface area contributed by atoms with Crippen molar-refractivity contribution in [1.82, 2.24) is 9.47 Å². The number of anilines is 1. The van der Waals surface area contributed by atoms with Crippen LogP contribution in [0.3, 0.4) is 0 Å². The summed E-state index contributed by atoms with van der Waals surface area (Å²) in [6.07, 6.45) is 1.72. The quantitative estimate of drug-likeness (QED) is 0.853. The molecule has 1 unspecified atom stereocenters. The van der Waals surface area contributed by atoms with E-state index in [1.54, 1.807) is 29.2 Å². The molecular weight excluding hydrogens is 306 g/mol. The number of hydrogen-bond acceptors (Lipinski definition) is 3. The minimum atomic E-state index is -0.334. The van der Waals surface area contributed by atoms with Crippen molar-refractivity contribution in [2.45, 2.75) is 19.5 Å². The zero-order valence-electron chi connectivity index (χ0n) is 13.5. The van der Waals surface area contributed by atoms with Gasteiger partial charge in [0.05, 0.1) is 12.6 Å². The molecule has 1 saturated heterocycles. The highest BCUT2D eigenvalue weighted by atomic mass is 16.6. The van der Waals surface area contributed by atoms with Crippen LogP contribution in [0.15, 0.2) is 42.6 Å². The van der Waals surface area contributed by atoms with E-state index in [1.165, 1.54) is 0 Å². The number of cyclic esters (lactones) is 1. The van der Waals surface area contributed by atoms with Crippen molar-refractivity contribution in [3.8, 4) is 0 Å². The summed E-state index contributed by atoms with van der Waals surface area (Å²) in [5.41, 5.74) is 2.55. The summed E-state index contributed by atoms with van der Waals surface area (Å²) in [4.78, 5) is 27.9. The monoisotopic (exact) mass is 325 g/mol. The van der Waals surface area contributed by atoms with Crippen molar-refractivity contribution in [1.29, 1.82) is 0 Å². The minimum Gasteiger partial charge on any atom is -0.447 e. The molecule has 24 heavy (non-hydrogen) atoms. The molecule has 2 aliphatic rings. The maximum absolute atomic E-state index is 12.9. The van der Waals surface area contributed by atoms with E-state index in [-0.39, 0.29) is 18.0 Å². The maximum Gasteiger partial charge on any atom is 0.414 e. The van der Waals surface area contributed by atoms with E-state index in [9.17, 15) is 9.59 Å². The number of carbonyl (C=O) groups excluding carboxylic acids is 2. The van der Waals surface area contributed by atoms with Crippen molar-refractivity contribution in [2.24, 2.45) is 0 Å². The minimum absolute atomic E-state index is 0.0190. The maximum atomic E-state index is 12.9. The summed E-state index contributed by atoms with van der Waals surface area (Å²) < 4.78 is 7.13. The Labute approximate surface area is 140 Å². The molecule has 2 aromatic rings. The van der Waals surface area contributed by atoms with Crippen molar-refractivity contribution in [3.63, 3.8) is 0 Å². The molecule has 6 heteroatoms. The van der Waals surface area contributed by atoms with Crippen LogP contribution >= 0.6 is 0 Å². The van der Waals surface area contributed by atoms with Crippen molar-refractivity contribution in [3.05, 3.63) is 53.9 Å². The molecule has 0 aliphatic carbocycles. The summed E-state index contributed by atoms with van der Waals surface area (Å²) in [6, 6.07) is 11.3. The van der Waals surface area contributed by atoms with Crippen molar-refractivity contribution in [2.75, 3.05) is 24.6 Å². The van der Waals surface area contributed by atoms with Gasteiger partial charge in [0.1, 0.15) is 6.61 Å². The molecule has 0 spiro atoms. The molecule has 6 nitrogen and oxygen atoms in total. The van der Waals surface area contributed by atoms with E-state index in [4.69, 9.17) is 4.74 Å². The van der Waals surface area contributed by atoms with Crippen LogP contribution in [0, 0.1) is 0 Å². The van der Waals surface area contributed by atoms with Crippen LogP contribution in [-0.2, 0) is 11.3 Å². The van der Waals surface area contributed by atoms with Gasteiger partial charge in [-0.2, -0.15) is 0 Å². The van der Waals surface area contributed by atoms with Crippen LogP contribution in [0.2, 0.25) is 0 Å². The average molecular weight is 325 g/mol. The van der Waals surface area contributed by atoms with Gasteiger partial charge in [-0.15, -0.1) is 0 Å². The lowest BCUT2D eigenvalue weighted by Crippen LogP contribution is -2.40. The SMILES string of the molecule is CC1c2cccn2CCN1C(=O)c1ccc(N2CCOC2=O)cc1. The van der Waals surface area contributed by atoms with Gasteiger partial charge in [-0.1, -0.05) is 0 Å². The molecule has 0 N–H and O–H groups in total. The second-order valence-electron chi connectivity index (χ2n) is 6.11. The topological polar surface area (TPSA) is 54.8 Å². The van der Waals surface area contributed by atoms with E-state index in [0.29, 0.717) is 25.3 Å². The van der Waals surface area contributed by atoms with Gasteiger partial charge < -0.3 is 14.2 Å². The lowest BCUT2D eigenvalue weighted by Gasteiger charge is -2.35. The predicted octanol–water partition coefficient (Wildman–Crippen LogP) is 2.66. The molecule has 0 bridgehead atoms. The highest BCUT2D eigenvalue weighted by molar-refractivity contribution is 5.96. The number of carbonyl (C=O) groups is 2. The Morgan fingerprint density at radius 2 is 1.92 bits per heavy atom. The average Bonchev–Trinajstić information content (AvgIpc) is 3.24. The molecule has 0 saturated carbocycles. The zero-order valence-corrected chi connectivity index (χ0v) is 13.5. The van der Waals surface area contributed by atoms with Crippen LogP contribution in [0.25, 0.3) is 0 Å². The molecule has 4 rings (SSSR count). The highest BCUT2D eigenvalue weighted by Crippen LogP contribution is 2.27. The fraction of sp³-hybridized carbons (Fsp3) is 0.333. The van der Waals surface area contributed by atoms with E-state index >= 15 is 0 Å². The van der Waals surface area contributed by atoms with E-state index in [1.807, 2.05) is 11.0 Å². The van der Waals surface area contributed by atoms with Gasteiger partial charge in [0, 0.05) is 36.2 Å². The molecule has 3 heterocycles. The lowest BCUT2D eigenvalue weighted by atomic mass is 10.1. The van der Waals surface area contributed by atoms with Crippen LogP contribution in [0.5, 0.6) is 0 Å². The molecule has 1 atom stereocenters. The van der Waals surface area contributed by atoms with E-state index < -0.39 is 0 Å². The van der Waals surface area contributed by atoms with Crippen LogP contribution in [0.1, 0.15) is 29.0 Å². The number of aromatic nitrogens is 1. The largest absolute Gasteiger partial charge is 0.447 e. The Morgan fingerprint density at radius 3 is 2.62 bits per heavy atom. The standard InChI is InChI=1S/C18H19N3O3/c1-13-16-3-2-8-19(16)9-10-20(13)17(22)14-4-6-15(7-5-14)21-11-12-24-18(21)23/h2-8,13H,9-12H2,1H3. The summed E-state index contributed by atoms with van der Waals surface area (Å²) in [6.45, 7) is 4.52. The molecule has 2 amide bonds. The Bertz CT molecular complexity index is 781. The third-order valence-electron chi connectivity index (χ3n) is 4.79. The number of amides is 2. The summed E-state index contributed by atoms with van der Waals surface area (Å²) in [7, 11) is 0. The molecule has 0 radical (unpaired) electrons. The molecule has 1 fully saturated rings. The number of fused-ring (bicyclic) bond motifs is 1. The molecule has 124 valence electrons. The highest BCUT2D eigenvalue weighted by Gasteiger charge is 2.28. The number of ether oxygens (including phenoxy) is 1. The first-order chi connectivity index (χ1) is 11.6. The number of nitrogens with zero attached hydrogens (tertiary/aromatic N) is 3. The second-order valence-corrected chi connectivity index (χ2v) is 6.11. The van der Waals surface area contributed by atoms with E-state index in [2.05, 4.69) is 23.8 Å². The summed E-state index contributed by atoms with van der Waals surface area (Å²) in [5.74, 6) is 0.0190. The van der Waals surface area contributed by atoms with Gasteiger partial charge in [0.15, 0.2) is 0 Å². The Morgan fingerprint density at radius 1 is 1.12 bits per heavy atom. The molecule has 2 aliphatic heterocycles. The van der Waals surface area contributed by atoms with Gasteiger partial charge in [0.25, 0.3) is 5.91 Å². The fourth-order valence-corrected chi connectivity index (χ4v) is 3.43. The van der Waals surface area contributed by atoms with Crippen molar-refractivity contribution >= 4 is 17.7 Å². The van der Waals surface area contributed by atoms with Gasteiger partial charge in [0.2, 0.25) is 0 Å². The van der Waals surface area contributed by atoms with Crippen LogP contribution in [0.4, 0.5) is 10.5 Å². The number of hydrogen-bond donors (Lipinski definition) is 0. The Kier molecular flexibility index (Phi) is 3.52. The number of rotatable bonds is 2. The molecule has 1 aromatic carbocycles. The molecular formula is C18H19N3O3. The van der Waals surface area contributed by atoms with Gasteiger partial charge in [-0.05, 0) is 43.3 Å². The third-order valence-corrected chi connectivity index (χ3v) is 4.79. The first kappa shape index (κ1) is 14.8. The van der Waals surface area contributed by atoms with Gasteiger partial charge >= 0.3 is 6.09 Å². The Balaban J connectivity index is 1.54. The Hall–Kier alpha value is -2.76. The van der Waals surface area contributed by atoms with Crippen molar-refractivity contribution < 1.29 is 14.3 Å².